The zero-order valence-corrected chi connectivity index (χ0v) is 11.9. The van der Waals surface area contributed by atoms with Gasteiger partial charge in [0.1, 0.15) is 11.5 Å². The van der Waals surface area contributed by atoms with E-state index in [4.69, 9.17) is 9.15 Å². The third kappa shape index (κ3) is 3.78. The lowest BCUT2D eigenvalue weighted by atomic mass is 10.1. The van der Waals surface area contributed by atoms with Crippen molar-refractivity contribution in [1.29, 1.82) is 0 Å². The van der Waals surface area contributed by atoms with Crippen molar-refractivity contribution in [3.63, 3.8) is 0 Å². The Kier molecular flexibility index (Phi) is 5.07. The van der Waals surface area contributed by atoms with Crippen molar-refractivity contribution in [3.05, 3.63) is 47.9 Å². The van der Waals surface area contributed by atoms with E-state index < -0.39 is 0 Å². The van der Waals surface area contributed by atoms with Crippen molar-refractivity contribution in [3.8, 4) is 5.75 Å². The van der Waals surface area contributed by atoms with Crippen LogP contribution in [0.3, 0.4) is 0 Å². The van der Waals surface area contributed by atoms with E-state index in [9.17, 15) is 5.11 Å². The molecule has 20 heavy (non-hydrogen) atoms. The van der Waals surface area contributed by atoms with Crippen LogP contribution in [-0.2, 0) is 13.0 Å². The summed E-state index contributed by atoms with van der Waals surface area (Å²) in [6.45, 7) is 4.59. The molecule has 4 nitrogen and oxygen atoms in total. The molecule has 0 radical (unpaired) electrons. The van der Waals surface area contributed by atoms with Gasteiger partial charge in [-0.25, -0.2) is 0 Å². The van der Waals surface area contributed by atoms with Gasteiger partial charge in [0, 0.05) is 23.7 Å². The van der Waals surface area contributed by atoms with E-state index in [2.05, 4.69) is 12.2 Å². The summed E-state index contributed by atoms with van der Waals surface area (Å²) < 4.78 is 10.8. The van der Waals surface area contributed by atoms with Gasteiger partial charge in [0.15, 0.2) is 0 Å². The fourth-order valence-corrected chi connectivity index (χ4v) is 2.16. The Morgan fingerprint density at radius 3 is 2.85 bits per heavy atom. The van der Waals surface area contributed by atoms with Gasteiger partial charge in [0.2, 0.25) is 0 Å². The molecule has 0 spiro atoms. The summed E-state index contributed by atoms with van der Waals surface area (Å²) in [5, 5.41) is 12.8. The van der Waals surface area contributed by atoms with Crippen LogP contribution >= 0.6 is 0 Å². The van der Waals surface area contributed by atoms with Gasteiger partial charge in [-0.2, -0.15) is 0 Å². The predicted octanol–water partition coefficient (Wildman–Crippen LogP) is 3.21. The Balaban J connectivity index is 2.01. The van der Waals surface area contributed by atoms with Gasteiger partial charge in [0.05, 0.1) is 19.5 Å². The molecule has 0 aliphatic carbocycles. The number of furan rings is 1. The molecule has 0 aliphatic heterocycles. The highest BCUT2D eigenvalue weighted by Crippen LogP contribution is 2.23. The lowest BCUT2D eigenvalue weighted by Gasteiger charge is -2.16. The summed E-state index contributed by atoms with van der Waals surface area (Å²) in [4.78, 5) is 0. The fraction of sp³-hybridized carbons (Fsp3) is 0.375. The highest BCUT2D eigenvalue weighted by molar-refractivity contribution is 5.51. The number of aliphatic hydroxyl groups excluding tert-OH is 1. The molecule has 4 heteroatoms. The minimum Gasteiger partial charge on any atom is -0.494 e. The molecular formula is C16H21NO3. The zero-order chi connectivity index (χ0) is 14.4. The minimum atomic E-state index is -0.0303. The van der Waals surface area contributed by atoms with Crippen LogP contribution in [0.25, 0.3) is 0 Å². The van der Waals surface area contributed by atoms with Crippen LogP contribution in [0, 0.1) is 0 Å². The van der Waals surface area contributed by atoms with Crippen molar-refractivity contribution in [1.82, 2.24) is 0 Å². The molecule has 2 aromatic rings. The number of benzene rings is 1. The maximum Gasteiger partial charge on any atom is 0.124 e. The first-order valence-corrected chi connectivity index (χ1v) is 6.88. The summed E-state index contributed by atoms with van der Waals surface area (Å²) in [5.74, 6) is 1.69. The van der Waals surface area contributed by atoms with Crippen LogP contribution in [-0.4, -0.2) is 17.8 Å². The summed E-state index contributed by atoms with van der Waals surface area (Å²) in [6.07, 6.45) is 2.50. The second-order valence-electron chi connectivity index (χ2n) is 4.74. The topological polar surface area (TPSA) is 54.6 Å². The molecule has 0 saturated carbocycles. The van der Waals surface area contributed by atoms with Gasteiger partial charge >= 0.3 is 0 Å². The molecule has 2 rings (SSSR count). The van der Waals surface area contributed by atoms with Crippen LogP contribution in [0.5, 0.6) is 5.75 Å². The lowest BCUT2D eigenvalue weighted by Crippen LogP contribution is -2.17. The molecule has 1 aromatic heterocycles. The van der Waals surface area contributed by atoms with E-state index in [0.717, 1.165) is 29.2 Å². The van der Waals surface area contributed by atoms with E-state index in [-0.39, 0.29) is 12.6 Å². The molecule has 0 bridgehead atoms. The van der Waals surface area contributed by atoms with E-state index >= 15 is 0 Å². The number of nitrogens with one attached hydrogen (secondary N) is 1. The predicted molar refractivity (Wildman–Crippen MR) is 79.0 cm³/mol. The summed E-state index contributed by atoms with van der Waals surface area (Å²) in [5.41, 5.74) is 1.76. The highest BCUT2D eigenvalue weighted by atomic mass is 16.5. The van der Waals surface area contributed by atoms with Crippen molar-refractivity contribution < 1.29 is 14.3 Å². The van der Waals surface area contributed by atoms with Gasteiger partial charge in [-0.05, 0) is 44.2 Å². The quantitative estimate of drug-likeness (QED) is 0.814. The Morgan fingerprint density at radius 1 is 1.35 bits per heavy atom. The third-order valence-electron chi connectivity index (χ3n) is 3.03. The number of hydrogen-bond donors (Lipinski definition) is 2. The van der Waals surface area contributed by atoms with E-state index in [0.29, 0.717) is 6.61 Å². The summed E-state index contributed by atoms with van der Waals surface area (Å²) in [7, 11) is 0. The average Bonchev–Trinajstić information content (AvgIpc) is 2.93. The Hall–Kier alpha value is -1.94. The third-order valence-corrected chi connectivity index (χ3v) is 3.03. The van der Waals surface area contributed by atoms with Gasteiger partial charge in [-0.3, -0.25) is 0 Å². The first kappa shape index (κ1) is 14.5. The number of hydrogen-bond acceptors (Lipinski definition) is 4. The smallest absolute Gasteiger partial charge is 0.124 e. The zero-order valence-electron chi connectivity index (χ0n) is 11.9. The Morgan fingerprint density at radius 2 is 2.20 bits per heavy atom. The molecule has 0 saturated heterocycles. The lowest BCUT2D eigenvalue weighted by molar-refractivity contribution is 0.267. The monoisotopic (exact) mass is 275 g/mol. The van der Waals surface area contributed by atoms with Crippen molar-refractivity contribution in [2.24, 2.45) is 0 Å². The fourth-order valence-electron chi connectivity index (χ4n) is 2.16. The van der Waals surface area contributed by atoms with Crippen molar-refractivity contribution >= 4 is 5.69 Å². The minimum absolute atomic E-state index is 0.0303. The van der Waals surface area contributed by atoms with Crippen LogP contribution in [0.2, 0.25) is 0 Å². The Labute approximate surface area is 119 Å². The first-order chi connectivity index (χ1) is 9.72. The second kappa shape index (κ2) is 7.01. The maximum atomic E-state index is 9.39. The molecule has 0 fully saturated rings. The molecular weight excluding hydrogens is 254 g/mol. The highest BCUT2D eigenvalue weighted by Gasteiger charge is 2.08. The summed E-state index contributed by atoms with van der Waals surface area (Å²) >= 11 is 0. The standard InChI is InChI=1S/C16H21NO3/c1-3-19-16-7-6-14(10-13(16)11-18)17-12(2)9-15-5-4-8-20-15/h4-8,10,12,17-18H,3,9,11H2,1-2H3. The molecule has 1 atom stereocenters. The van der Waals surface area contributed by atoms with Crippen molar-refractivity contribution in [2.75, 3.05) is 11.9 Å². The number of aliphatic hydroxyl groups is 1. The molecule has 0 aliphatic rings. The van der Waals surface area contributed by atoms with Crippen LogP contribution in [0.15, 0.2) is 41.0 Å². The van der Waals surface area contributed by atoms with Crippen LogP contribution < -0.4 is 10.1 Å². The second-order valence-corrected chi connectivity index (χ2v) is 4.74. The van der Waals surface area contributed by atoms with E-state index in [1.165, 1.54) is 0 Å². The molecule has 2 N–H and O–H groups in total. The van der Waals surface area contributed by atoms with Gasteiger partial charge in [-0.1, -0.05) is 0 Å². The van der Waals surface area contributed by atoms with E-state index in [1.807, 2.05) is 37.3 Å². The molecule has 108 valence electrons. The van der Waals surface area contributed by atoms with Gasteiger partial charge in [-0.15, -0.1) is 0 Å². The summed E-state index contributed by atoms with van der Waals surface area (Å²) in [6, 6.07) is 9.87. The van der Waals surface area contributed by atoms with E-state index in [1.54, 1.807) is 6.26 Å². The molecule has 1 unspecified atom stereocenters. The Bertz CT molecular complexity index is 523. The molecule has 0 amide bonds. The molecule has 1 aromatic carbocycles. The average molecular weight is 275 g/mol. The van der Waals surface area contributed by atoms with Crippen LogP contribution in [0.4, 0.5) is 5.69 Å². The van der Waals surface area contributed by atoms with Gasteiger partial charge < -0.3 is 19.6 Å². The number of ether oxygens (including phenoxy) is 1. The number of anilines is 1. The normalized spacial score (nSPS) is 12.2. The largest absolute Gasteiger partial charge is 0.494 e. The first-order valence-electron chi connectivity index (χ1n) is 6.88. The maximum absolute atomic E-state index is 9.39. The SMILES string of the molecule is CCOc1ccc(NC(C)Cc2ccco2)cc1CO. The van der Waals surface area contributed by atoms with Gasteiger partial charge in [0.25, 0.3) is 0 Å². The van der Waals surface area contributed by atoms with Crippen LogP contribution in [0.1, 0.15) is 25.2 Å². The molecule has 1 heterocycles. The van der Waals surface area contributed by atoms with Crippen molar-refractivity contribution in [2.45, 2.75) is 32.9 Å². The number of rotatable bonds is 7.